The van der Waals surface area contributed by atoms with E-state index in [1.54, 1.807) is 14.2 Å². The van der Waals surface area contributed by atoms with Crippen LogP contribution < -0.4 is 14.8 Å². The third-order valence-electron chi connectivity index (χ3n) is 5.10. The summed E-state index contributed by atoms with van der Waals surface area (Å²) in [6.45, 7) is 6.02. The maximum Gasteiger partial charge on any atom is 0.342 e. The van der Waals surface area contributed by atoms with Crippen LogP contribution in [0.3, 0.4) is 0 Å². The van der Waals surface area contributed by atoms with Crippen LogP contribution in [0.4, 0.5) is 5.13 Å². The number of fused-ring (bicyclic) bond motifs is 1. The Bertz CT molecular complexity index is 1010. The van der Waals surface area contributed by atoms with E-state index in [1.807, 2.05) is 32.2 Å². The summed E-state index contributed by atoms with van der Waals surface area (Å²) in [6, 6.07) is 0. The number of rotatable bonds is 8. The molecule has 0 saturated carbocycles. The highest BCUT2D eigenvalue weighted by atomic mass is 32.1. The Labute approximate surface area is 180 Å². The maximum absolute atomic E-state index is 12.2. The number of nitrogens with zero attached hydrogens (tertiary/aromatic N) is 1. The predicted octanol–water partition coefficient (Wildman–Crippen LogP) is 4.36. The van der Waals surface area contributed by atoms with E-state index in [-0.39, 0.29) is 18.5 Å². The molecule has 0 radical (unpaired) electrons. The van der Waals surface area contributed by atoms with Crippen LogP contribution in [0.1, 0.15) is 52.5 Å². The topological polar surface area (TPSA) is 86.8 Å². The zero-order chi connectivity index (χ0) is 21.8. The van der Waals surface area contributed by atoms with Gasteiger partial charge in [0, 0.05) is 22.9 Å². The number of anilines is 1. The highest BCUT2D eigenvalue weighted by Gasteiger charge is 2.32. The Hall–Kier alpha value is -2.87. The van der Waals surface area contributed by atoms with Crippen LogP contribution >= 0.6 is 11.3 Å². The number of methoxy groups -OCH3 is 2. The van der Waals surface area contributed by atoms with E-state index < -0.39 is 0 Å². The fourth-order valence-corrected chi connectivity index (χ4v) is 4.22. The van der Waals surface area contributed by atoms with Crippen molar-refractivity contribution in [2.45, 2.75) is 46.6 Å². The summed E-state index contributed by atoms with van der Waals surface area (Å²) in [5, 5.41) is 5.34. The van der Waals surface area contributed by atoms with Crippen molar-refractivity contribution in [3.8, 4) is 11.5 Å². The van der Waals surface area contributed by atoms with E-state index in [2.05, 4.69) is 10.3 Å². The Kier molecular flexibility index (Phi) is 6.77. The summed E-state index contributed by atoms with van der Waals surface area (Å²) in [6.07, 6.45) is 3.54. The lowest BCUT2D eigenvalue weighted by Crippen LogP contribution is -2.11. The summed E-state index contributed by atoms with van der Waals surface area (Å²) < 4.78 is 16.4. The molecular formula is C22H26N2O5S. The number of benzene rings is 1. The highest BCUT2D eigenvalue weighted by molar-refractivity contribution is 7.13. The average molecular weight is 431 g/mol. The van der Waals surface area contributed by atoms with Crippen LogP contribution in [0.25, 0.3) is 0 Å². The van der Waals surface area contributed by atoms with Gasteiger partial charge in [-0.1, -0.05) is 11.6 Å². The number of hydrogen-bond acceptors (Lipinski definition) is 7. The fraction of sp³-hybridized carbons (Fsp3) is 0.409. The number of thiazole rings is 1. The van der Waals surface area contributed by atoms with Crippen molar-refractivity contribution >= 4 is 28.3 Å². The summed E-state index contributed by atoms with van der Waals surface area (Å²) in [5.41, 5.74) is 4.94. The lowest BCUT2D eigenvalue weighted by atomic mass is 9.94. The molecule has 1 aliphatic rings. The third-order valence-corrected chi connectivity index (χ3v) is 5.97. The van der Waals surface area contributed by atoms with Gasteiger partial charge in [-0.15, -0.1) is 11.3 Å². The first-order valence-electron chi connectivity index (χ1n) is 9.66. The first kappa shape index (κ1) is 21.8. The smallest absolute Gasteiger partial charge is 0.342 e. The molecule has 1 aromatic heterocycles. The largest absolute Gasteiger partial charge is 0.496 e. The molecule has 2 heterocycles. The van der Waals surface area contributed by atoms with Gasteiger partial charge < -0.3 is 19.5 Å². The van der Waals surface area contributed by atoms with Crippen LogP contribution in [-0.4, -0.2) is 31.1 Å². The van der Waals surface area contributed by atoms with Crippen molar-refractivity contribution in [3.63, 3.8) is 0 Å². The van der Waals surface area contributed by atoms with Crippen molar-refractivity contribution in [2.75, 3.05) is 19.5 Å². The molecule has 0 bridgehead atoms. The number of amides is 1. The quantitative estimate of drug-likeness (QED) is 0.495. The van der Waals surface area contributed by atoms with Crippen molar-refractivity contribution < 1.29 is 23.8 Å². The van der Waals surface area contributed by atoms with Gasteiger partial charge in [-0.25, -0.2) is 9.78 Å². The van der Waals surface area contributed by atoms with Gasteiger partial charge in [0.1, 0.15) is 23.7 Å². The molecule has 1 aliphatic heterocycles. The number of aromatic nitrogens is 1. The summed E-state index contributed by atoms with van der Waals surface area (Å²) in [7, 11) is 3.15. The van der Waals surface area contributed by atoms with Crippen LogP contribution in [-0.2, 0) is 22.6 Å². The molecule has 0 aliphatic carbocycles. The van der Waals surface area contributed by atoms with Crippen LogP contribution in [0, 0.1) is 13.8 Å². The van der Waals surface area contributed by atoms with Crippen molar-refractivity contribution in [2.24, 2.45) is 0 Å². The highest BCUT2D eigenvalue weighted by Crippen LogP contribution is 2.42. The third kappa shape index (κ3) is 4.48. The number of cyclic esters (lactones) is 1. The summed E-state index contributed by atoms with van der Waals surface area (Å²) >= 11 is 1.42. The molecule has 0 saturated heterocycles. The molecule has 160 valence electrons. The minimum atomic E-state index is -0.372. The molecule has 3 rings (SSSR count). The van der Waals surface area contributed by atoms with Crippen LogP contribution in [0.2, 0.25) is 0 Å². The summed E-state index contributed by atoms with van der Waals surface area (Å²) in [4.78, 5) is 28.6. The van der Waals surface area contributed by atoms with Gasteiger partial charge in [0.2, 0.25) is 5.91 Å². The maximum atomic E-state index is 12.2. The van der Waals surface area contributed by atoms with E-state index in [0.29, 0.717) is 41.5 Å². The Morgan fingerprint density at radius 2 is 2.00 bits per heavy atom. The number of hydrogen-bond donors (Lipinski definition) is 1. The molecule has 0 unspecified atom stereocenters. The standard InChI is InChI=1S/C22H26N2O5S/c1-12(7-9-17(25)24-22-23-13(2)11-30-22)6-8-15-19(27-4)14(3)16-10-29-21(26)18(16)20(15)28-5/h6,11H,7-10H2,1-5H3,(H,23,24,25). The fourth-order valence-electron chi connectivity index (χ4n) is 3.52. The SMILES string of the molecule is COc1c(C)c2c(c(OC)c1CC=C(C)CCC(=O)Nc1nc(C)cs1)C(=O)OC2. The molecule has 0 spiro atoms. The lowest BCUT2D eigenvalue weighted by molar-refractivity contribution is -0.116. The number of esters is 1. The molecule has 1 amide bonds. The predicted molar refractivity (Wildman–Crippen MR) is 116 cm³/mol. The molecular weight excluding hydrogens is 404 g/mol. The van der Waals surface area contributed by atoms with Crippen molar-refractivity contribution in [1.82, 2.24) is 4.98 Å². The lowest BCUT2D eigenvalue weighted by Gasteiger charge is -2.18. The second kappa shape index (κ2) is 9.30. The molecule has 0 atom stereocenters. The molecule has 7 nitrogen and oxygen atoms in total. The van der Waals surface area contributed by atoms with Gasteiger partial charge in [0.25, 0.3) is 0 Å². The van der Waals surface area contributed by atoms with Gasteiger partial charge in [-0.2, -0.15) is 0 Å². The molecule has 1 N–H and O–H groups in total. The Balaban J connectivity index is 1.73. The number of allylic oxidation sites excluding steroid dienone is 2. The molecule has 30 heavy (non-hydrogen) atoms. The van der Waals surface area contributed by atoms with E-state index in [1.165, 1.54) is 11.3 Å². The van der Waals surface area contributed by atoms with Crippen molar-refractivity contribution in [1.29, 1.82) is 0 Å². The molecule has 2 aromatic rings. The van der Waals surface area contributed by atoms with E-state index in [0.717, 1.165) is 28.0 Å². The number of nitrogens with one attached hydrogen (secondary N) is 1. The van der Waals surface area contributed by atoms with Gasteiger partial charge in [-0.05, 0) is 39.2 Å². The minimum absolute atomic E-state index is 0.0663. The van der Waals surface area contributed by atoms with Crippen molar-refractivity contribution in [3.05, 3.63) is 45.0 Å². The molecule has 1 aromatic carbocycles. The second-order valence-corrected chi connectivity index (χ2v) is 8.05. The number of aryl methyl sites for hydroxylation is 1. The monoisotopic (exact) mass is 430 g/mol. The first-order valence-corrected chi connectivity index (χ1v) is 10.5. The van der Waals surface area contributed by atoms with E-state index in [9.17, 15) is 9.59 Å². The van der Waals surface area contributed by atoms with Gasteiger partial charge in [0.15, 0.2) is 5.13 Å². The minimum Gasteiger partial charge on any atom is -0.496 e. The van der Waals surface area contributed by atoms with E-state index in [4.69, 9.17) is 14.2 Å². The number of carbonyl (C=O) groups is 2. The molecule has 0 fully saturated rings. The Morgan fingerprint density at radius 1 is 1.27 bits per heavy atom. The average Bonchev–Trinajstić information content (AvgIpc) is 3.30. The number of ether oxygens (including phenoxy) is 3. The van der Waals surface area contributed by atoms with E-state index >= 15 is 0 Å². The van der Waals surface area contributed by atoms with Gasteiger partial charge >= 0.3 is 5.97 Å². The number of carbonyl (C=O) groups excluding carboxylic acids is 2. The summed E-state index contributed by atoms with van der Waals surface area (Å²) in [5.74, 6) is 0.757. The zero-order valence-electron chi connectivity index (χ0n) is 17.9. The molecule has 8 heteroatoms. The van der Waals surface area contributed by atoms with Crippen LogP contribution in [0.5, 0.6) is 11.5 Å². The van der Waals surface area contributed by atoms with Crippen LogP contribution in [0.15, 0.2) is 17.0 Å². The second-order valence-electron chi connectivity index (χ2n) is 7.20. The normalized spacial score (nSPS) is 13.1. The van der Waals surface area contributed by atoms with Gasteiger partial charge in [-0.3, -0.25) is 4.79 Å². The Morgan fingerprint density at radius 3 is 2.63 bits per heavy atom. The zero-order valence-corrected chi connectivity index (χ0v) is 18.7. The van der Waals surface area contributed by atoms with Gasteiger partial charge in [0.05, 0.1) is 19.9 Å². The first-order chi connectivity index (χ1) is 14.3.